The first-order valence-electron chi connectivity index (χ1n) is 7.59. The molecule has 0 saturated carbocycles. The van der Waals surface area contributed by atoms with Gasteiger partial charge >= 0.3 is 0 Å². The number of nitrogens with one attached hydrogen (secondary N) is 1. The van der Waals surface area contributed by atoms with E-state index in [-0.39, 0.29) is 12.5 Å². The van der Waals surface area contributed by atoms with Crippen molar-refractivity contribution in [3.63, 3.8) is 0 Å². The van der Waals surface area contributed by atoms with Crippen molar-refractivity contribution < 1.29 is 13.5 Å². The fourth-order valence-corrected chi connectivity index (χ4v) is 4.82. The number of anilines is 1. The van der Waals surface area contributed by atoms with E-state index in [1.54, 1.807) is 16.4 Å². The lowest BCUT2D eigenvalue weighted by Crippen LogP contribution is -2.40. The molecule has 0 amide bonds. The van der Waals surface area contributed by atoms with Crippen LogP contribution in [0.2, 0.25) is 0 Å². The predicted octanol–water partition coefficient (Wildman–Crippen LogP) is 1.44. The Kier molecular flexibility index (Phi) is 4.19. The van der Waals surface area contributed by atoms with Crippen LogP contribution in [0.3, 0.4) is 0 Å². The largest absolute Gasteiger partial charge is 0.396 e. The average Bonchev–Trinajstić information content (AvgIpc) is 2.95. The third-order valence-corrected chi connectivity index (χ3v) is 6.31. The van der Waals surface area contributed by atoms with Gasteiger partial charge in [0.2, 0.25) is 10.0 Å². The lowest BCUT2D eigenvalue weighted by Gasteiger charge is -2.31. The van der Waals surface area contributed by atoms with Crippen LogP contribution >= 0.6 is 0 Å². The molecule has 2 aliphatic rings. The number of sulfonamides is 1. The van der Waals surface area contributed by atoms with Crippen molar-refractivity contribution >= 4 is 15.7 Å². The minimum absolute atomic E-state index is 0.126. The Labute approximate surface area is 126 Å². The third kappa shape index (κ3) is 2.93. The smallest absolute Gasteiger partial charge is 0.243 e. The van der Waals surface area contributed by atoms with Crippen molar-refractivity contribution in [2.45, 2.75) is 30.6 Å². The molecule has 1 aromatic carbocycles. The minimum Gasteiger partial charge on any atom is -0.396 e. The third-order valence-electron chi connectivity index (χ3n) is 4.45. The van der Waals surface area contributed by atoms with Crippen LogP contribution < -0.4 is 5.32 Å². The quantitative estimate of drug-likeness (QED) is 0.883. The van der Waals surface area contributed by atoms with E-state index < -0.39 is 10.0 Å². The van der Waals surface area contributed by atoms with Gasteiger partial charge in [0.25, 0.3) is 0 Å². The SMILES string of the molecule is O=S(=O)(c1ccc2c(c1)NCC2)N1CCCC(CCO)C1. The summed E-state index contributed by atoms with van der Waals surface area (Å²) in [4.78, 5) is 0.375. The Hall–Kier alpha value is -1.11. The molecular formula is C15H22N2O3S. The van der Waals surface area contributed by atoms with Crippen LogP contribution in [0.4, 0.5) is 5.69 Å². The van der Waals surface area contributed by atoms with Crippen molar-refractivity contribution in [3.05, 3.63) is 23.8 Å². The van der Waals surface area contributed by atoms with E-state index in [0.29, 0.717) is 24.4 Å². The van der Waals surface area contributed by atoms with Gasteiger partial charge in [-0.1, -0.05) is 6.07 Å². The molecule has 2 N–H and O–H groups in total. The zero-order valence-electron chi connectivity index (χ0n) is 12.1. The van der Waals surface area contributed by atoms with E-state index in [1.807, 2.05) is 6.07 Å². The van der Waals surface area contributed by atoms with Gasteiger partial charge in [-0.2, -0.15) is 4.31 Å². The fourth-order valence-electron chi connectivity index (χ4n) is 3.24. The molecule has 0 bridgehead atoms. The number of hydrogen-bond acceptors (Lipinski definition) is 4. The molecule has 1 saturated heterocycles. The number of hydrogen-bond donors (Lipinski definition) is 2. The standard InChI is InChI=1S/C15H22N2O3S/c18-9-6-12-2-1-8-17(11-12)21(19,20)14-4-3-13-5-7-16-15(13)10-14/h3-4,10,12,16,18H,1-2,5-9,11H2. The molecule has 0 aliphatic carbocycles. The summed E-state index contributed by atoms with van der Waals surface area (Å²) < 4.78 is 27.1. The summed E-state index contributed by atoms with van der Waals surface area (Å²) in [6.45, 7) is 2.10. The maximum absolute atomic E-state index is 12.8. The zero-order chi connectivity index (χ0) is 14.9. The number of piperidine rings is 1. The van der Waals surface area contributed by atoms with E-state index in [9.17, 15) is 8.42 Å². The molecule has 5 nitrogen and oxygen atoms in total. The molecule has 116 valence electrons. The normalized spacial score (nSPS) is 22.8. The van der Waals surface area contributed by atoms with Gasteiger partial charge in [-0.25, -0.2) is 8.42 Å². The number of benzene rings is 1. The van der Waals surface area contributed by atoms with Crippen molar-refractivity contribution in [3.8, 4) is 0 Å². The van der Waals surface area contributed by atoms with Gasteiger partial charge in [0.05, 0.1) is 4.90 Å². The number of rotatable bonds is 4. The summed E-state index contributed by atoms with van der Waals surface area (Å²) in [6, 6.07) is 5.39. The first-order valence-corrected chi connectivity index (χ1v) is 9.03. The molecule has 0 spiro atoms. The number of aliphatic hydroxyl groups excluding tert-OH is 1. The number of fused-ring (bicyclic) bond motifs is 1. The second-order valence-corrected chi connectivity index (χ2v) is 7.82. The fraction of sp³-hybridized carbons (Fsp3) is 0.600. The van der Waals surface area contributed by atoms with Crippen LogP contribution in [-0.4, -0.2) is 44.1 Å². The first-order chi connectivity index (χ1) is 10.1. The molecule has 0 radical (unpaired) electrons. The Morgan fingerprint density at radius 3 is 3.05 bits per heavy atom. The van der Waals surface area contributed by atoms with E-state index in [0.717, 1.165) is 31.5 Å². The Morgan fingerprint density at radius 1 is 1.38 bits per heavy atom. The van der Waals surface area contributed by atoms with Gasteiger partial charge in [-0.05, 0) is 49.3 Å². The van der Waals surface area contributed by atoms with E-state index in [1.165, 1.54) is 5.56 Å². The molecule has 6 heteroatoms. The van der Waals surface area contributed by atoms with Crippen molar-refractivity contribution in [1.82, 2.24) is 4.31 Å². The second kappa shape index (κ2) is 5.94. The summed E-state index contributed by atoms with van der Waals surface area (Å²) in [7, 11) is -3.42. The van der Waals surface area contributed by atoms with Gasteiger partial charge in [-0.3, -0.25) is 0 Å². The molecular weight excluding hydrogens is 288 g/mol. The van der Waals surface area contributed by atoms with Crippen molar-refractivity contribution in [1.29, 1.82) is 0 Å². The van der Waals surface area contributed by atoms with Crippen LogP contribution in [-0.2, 0) is 16.4 Å². The van der Waals surface area contributed by atoms with Crippen molar-refractivity contribution in [2.24, 2.45) is 5.92 Å². The molecule has 1 unspecified atom stereocenters. The highest BCUT2D eigenvalue weighted by Gasteiger charge is 2.30. The van der Waals surface area contributed by atoms with Crippen LogP contribution in [0.15, 0.2) is 23.1 Å². The van der Waals surface area contributed by atoms with Gasteiger partial charge in [0.15, 0.2) is 0 Å². The van der Waals surface area contributed by atoms with E-state index >= 15 is 0 Å². The lowest BCUT2D eigenvalue weighted by molar-refractivity contribution is 0.203. The summed E-state index contributed by atoms with van der Waals surface area (Å²) in [6.07, 6.45) is 3.50. The highest BCUT2D eigenvalue weighted by atomic mass is 32.2. The molecule has 1 atom stereocenters. The minimum atomic E-state index is -3.42. The molecule has 21 heavy (non-hydrogen) atoms. The summed E-state index contributed by atoms with van der Waals surface area (Å²) in [5.74, 6) is 0.270. The molecule has 3 rings (SSSR count). The number of aliphatic hydroxyl groups is 1. The van der Waals surface area contributed by atoms with Crippen LogP contribution in [0.1, 0.15) is 24.8 Å². The van der Waals surface area contributed by atoms with E-state index in [2.05, 4.69) is 5.32 Å². The molecule has 0 aromatic heterocycles. The van der Waals surface area contributed by atoms with Gasteiger partial charge in [0, 0.05) is 31.9 Å². The van der Waals surface area contributed by atoms with Crippen LogP contribution in [0, 0.1) is 5.92 Å². The lowest BCUT2D eigenvalue weighted by atomic mass is 9.97. The summed E-state index contributed by atoms with van der Waals surface area (Å²) in [5.41, 5.74) is 2.13. The summed E-state index contributed by atoms with van der Waals surface area (Å²) >= 11 is 0. The highest BCUT2D eigenvalue weighted by Crippen LogP contribution is 2.29. The van der Waals surface area contributed by atoms with Gasteiger partial charge in [-0.15, -0.1) is 0 Å². The topological polar surface area (TPSA) is 69.6 Å². The average molecular weight is 310 g/mol. The molecule has 1 fully saturated rings. The Balaban J connectivity index is 1.83. The molecule has 2 heterocycles. The van der Waals surface area contributed by atoms with Crippen molar-refractivity contribution in [2.75, 3.05) is 31.6 Å². The van der Waals surface area contributed by atoms with Crippen LogP contribution in [0.5, 0.6) is 0 Å². The maximum Gasteiger partial charge on any atom is 0.243 e. The first kappa shape index (κ1) is 14.8. The predicted molar refractivity (Wildman–Crippen MR) is 81.8 cm³/mol. The van der Waals surface area contributed by atoms with Gasteiger partial charge < -0.3 is 10.4 Å². The second-order valence-electron chi connectivity index (χ2n) is 5.88. The number of nitrogens with zero attached hydrogens (tertiary/aromatic N) is 1. The van der Waals surface area contributed by atoms with Crippen LogP contribution in [0.25, 0.3) is 0 Å². The van der Waals surface area contributed by atoms with E-state index in [4.69, 9.17) is 5.11 Å². The summed E-state index contributed by atoms with van der Waals surface area (Å²) in [5, 5.41) is 12.3. The molecule has 1 aromatic rings. The maximum atomic E-state index is 12.8. The Bertz CT molecular complexity index is 613. The monoisotopic (exact) mass is 310 g/mol. The Morgan fingerprint density at radius 2 is 2.24 bits per heavy atom. The highest BCUT2D eigenvalue weighted by molar-refractivity contribution is 7.89. The zero-order valence-corrected chi connectivity index (χ0v) is 12.9. The van der Waals surface area contributed by atoms with Gasteiger partial charge in [0.1, 0.15) is 0 Å². The molecule has 2 aliphatic heterocycles.